The zero-order valence-corrected chi connectivity index (χ0v) is 21.5. The largest absolute Gasteiger partial charge is 0.341 e. The SMILES string of the molecule is Cc1ccc(NC(=O)c2sc3ncn(CC(=O)N4C[C@H](C)C[C@@H](C)C4)c(=O)c3c2C)c(Br)c1. The lowest BCUT2D eigenvalue weighted by Crippen LogP contribution is -2.44. The summed E-state index contributed by atoms with van der Waals surface area (Å²) < 4.78 is 2.14. The number of aryl methyl sites for hydroxylation is 2. The van der Waals surface area contributed by atoms with Crippen molar-refractivity contribution < 1.29 is 9.59 Å². The van der Waals surface area contributed by atoms with Crippen LogP contribution in [0.2, 0.25) is 0 Å². The summed E-state index contributed by atoms with van der Waals surface area (Å²) >= 11 is 4.66. The van der Waals surface area contributed by atoms with E-state index in [-0.39, 0.29) is 23.9 Å². The van der Waals surface area contributed by atoms with E-state index in [1.54, 1.807) is 6.92 Å². The molecular formula is C24H27BrN4O3S. The van der Waals surface area contributed by atoms with Gasteiger partial charge in [-0.15, -0.1) is 11.3 Å². The number of amides is 2. The van der Waals surface area contributed by atoms with Crippen LogP contribution in [0.25, 0.3) is 10.2 Å². The first-order valence-electron chi connectivity index (χ1n) is 11.0. The van der Waals surface area contributed by atoms with E-state index in [1.165, 1.54) is 22.2 Å². The Balaban J connectivity index is 1.59. The Morgan fingerprint density at radius 2 is 1.91 bits per heavy atom. The third-order valence-corrected chi connectivity index (χ3v) is 7.88. The minimum absolute atomic E-state index is 0.0473. The fraction of sp³-hybridized carbons (Fsp3) is 0.417. The number of halogens is 1. The van der Waals surface area contributed by atoms with E-state index in [9.17, 15) is 14.4 Å². The quantitative estimate of drug-likeness (QED) is 0.534. The van der Waals surface area contributed by atoms with E-state index in [2.05, 4.69) is 40.1 Å². The number of fused-ring (bicyclic) bond motifs is 1. The van der Waals surface area contributed by atoms with Gasteiger partial charge in [0.05, 0.1) is 22.3 Å². The van der Waals surface area contributed by atoms with Gasteiger partial charge in [-0.3, -0.25) is 19.0 Å². The Hall–Kier alpha value is -2.52. The second-order valence-corrected chi connectivity index (χ2v) is 10.9. The Morgan fingerprint density at radius 3 is 2.58 bits per heavy atom. The maximum absolute atomic E-state index is 13.2. The number of piperidine rings is 1. The monoisotopic (exact) mass is 530 g/mol. The van der Waals surface area contributed by atoms with Crippen LogP contribution in [0.3, 0.4) is 0 Å². The van der Waals surface area contributed by atoms with Gasteiger partial charge in [0, 0.05) is 17.6 Å². The predicted molar refractivity (Wildman–Crippen MR) is 135 cm³/mol. The Bertz CT molecular complexity index is 1290. The minimum atomic E-state index is -0.296. The lowest BCUT2D eigenvalue weighted by Gasteiger charge is -2.35. The maximum atomic E-state index is 13.2. The molecule has 4 rings (SSSR count). The van der Waals surface area contributed by atoms with Gasteiger partial charge in [-0.05, 0) is 71.3 Å². The van der Waals surface area contributed by atoms with Crippen LogP contribution in [0.4, 0.5) is 5.69 Å². The summed E-state index contributed by atoms with van der Waals surface area (Å²) in [6.45, 7) is 9.39. The molecule has 1 fully saturated rings. The van der Waals surface area contributed by atoms with Crippen molar-refractivity contribution in [2.24, 2.45) is 11.8 Å². The van der Waals surface area contributed by atoms with Crippen molar-refractivity contribution in [1.29, 1.82) is 0 Å². The normalized spacial score (nSPS) is 18.5. The van der Waals surface area contributed by atoms with Crippen molar-refractivity contribution in [3.63, 3.8) is 0 Å². The Kier molecular flexibility index (Phi) is 6.72. The summed E-state index contributed by atoms with van der Waals surface area (Å²) in [4.78, 5) is 46.2. The van der Waals surface area contributed by atoms with E-state index in [0.717, 1.165) is 16.5 Å². The van der Waals surface area contributed by atoms with Crippen LogP contribution >= 0.6 is 27.3 Å². The summed E-state index contributed by atoms with van der Waals surface area (Å²) in [6, 6.07) is 5.67. The molecule has 0 aliphatic carbocycles. The van der Waals surface area contributed by atoms with Gasteiger partial charge in [-0.25, -0.2) is 4.98 Å². The zero-order chi connectivity index (χ0) is 23.9. The highest BCUT2D eigenvalue weighted by atomic mass is 79.9. The second-order valence-electron chi connectivity index (χ2n) is 9.10. The fourth-order valence-corrected chi connectivity index (χ4v) is 6.13. The first kappa shape index (κ1) is 23.6. The van der Waals surface area contributed by atoms with E-state index in [1.807, 2.05) is 30.0 Å². The van der Waals surface area contributed by atoms with Gasteiger partial charge in [-0.1, -0.05) is 19.9 Å². The summed E-state index contributed by atoms with van der Waals surface area (Å²) in [5, 5.41) is 3.29. The molecule has 1 aliphatic heterocycles. The highest BCUT2D eigenvalue weighted by Crippen LogP contribution is 2.29. The number of hydrogen-bond donors (Lipinski definition) is 1. The van der Waals surface area contributed by atoms with Crippen molar-refractivity contribution in [2.75, 3.05) is 18.4 Å². The molecule has 9 heteroatoms. The molecule has 1 aliphatic rings. The van der Waals surface area contributed by atoms with Gasteiger partial charge in [0.15, 0.2) is 0 Å². The van der Waals surface area contributed by atoms with Crippen molar-refractivity contribution in [2.45, 2.75) is 40.7 Å². The highest BCUT2D eigenvalue weighted by molar-refractivity contribution is 9.10. The molecule has 1 aromatic carbocycles. The number of benzene rings is 1. The third kappa shape index (κ3) is 4.89. The molecule has 1 saturated heterocycles. The number of nitrogens with one attached hydrogen (secondary N) is 1. The number of hydrogen-bond acceptors (Lipinski definition) is 5. The van der Waals surface area contributed by atoms with E-state index in [0.29, 0.717) is 51.3 Å². The molecule has 1 N–H and O–H groups in total. The molecule has 3 heterocycles. The number of rotatable bonds is 4. The van der Waals surface area contributed by atoms with Crippen molar-refractivity contribution in [1.82, 2.24) is 14.5 Å². The highest BCUT2D eigenvalue weighted by Gasteiger charge is 2.26. The third-order valence-electron chi connectivity index (χ3n) is 6.02. The van der Waals surface area contributed by atoms with Gasteiger partial charge in [-0.2, -0.15) is 0 Å². The molecule has 0 radical (unpaired) electrons. The molecule has 174 valence electrons. The standard InChI is InChI=1S/C24H27BrN4O3S/c1-13-5-6-18(17(25)8-13)27-22(31)21-16(4)20-23(33-21)26-12-29(24(20)32)11-19(30)28-9-14(2)7-15(3)10-28/h5-6,8,12,14-15H,7,9-11H2,1-4H3,(H,27,31)/t14-,15-/m1/s1. The first-order valence-corrected chi connectivity index (χ1v) is 12.6. The zero-order valence-electron chi connectivity index (χ0n) is 19.1. The smallest absolute Gasteiger partial charge is 0.266 e. The van der Waals surface area contributed by atoms with Crippen LogP contribution in [-0.2, 0) is 11.3 Å². The molecule has 2 aromatic heterocycles. The van der Waals surface area contributed by atoms with E-state index in [4.69, 9.17) is 0 Å². The van der Waals surface area contributed by atoms with Crippen LogP contribution in [0.15, 0.2) is 33.8 Å². The number of carbonyl (C=O) groups is 2. The molecule has 7 nitrogen and oxygen atoms in total. The molecule has 3 aromatic rings. The molecule has 33 heavy (non-hydrogen) atoms. The first-order chi connectivity index (χ1) is 15.6. The average molecular weight is 531 g/mol. The Labute approximate surface area is 204 Å². The molecule has 2 atom stereocenters. The lowest BCUT2D eigenvalue weighted by molar-refractivity contribution is -0.134. The molecule has 0 unspecified atom stereocenters. The van der Waals surface area contributed by atoms with E-state index >= 15 is 0 Å². The maximum Gasteiger partial charge on any atom is 0.266 e. The van der Waals surface area contributed by atoms with E-state index < -0.39 is 0 Å². The second kappa shape index (κ2) is 9.38. The minimum Gasteiger partial charge on any atom is -0.341 e. The number of nitrogens with zero attached hydrogens (tertiary/aromatic N) is 3. The van der Waals surface area contributed by atoms with Crippen molar-refractivity contribution in [3.8, 4) is 0 Å². The van der Waals surface area contributed by atoms with Gasteiger partial charge < -0.3 is 10.2 Å². The van der Waals surface area contributed by atoms with Crippen LogP contribution < -0.4 is 10.9 Å². The Morgan fingerprint density at radius 1 is 1.21 bits per heavy atom. The summed E-state index contributed by atoms with van der Waals surface area (Å²) in [6.07, 6.45) is 2.52. The van der Waals surface area contributed by atoms with Gasteiger partial charge in [0.1, 0.15) is 11.4 Å². The molecular weight excluding hydrogens is 504 g/mol. The van der Waals surface area contributed by atoms with Gasteiger partial charge >= 0.3 is 0 Å². The van der Waals surface area contributed by atoms with Crippen molar-refractivity contribution >= 4 is 55.0 Å². The predicted octanol–water partition coefficient (Wildman–Crippen LogP) is 4.59. The number of likely N-dealkylation sites (tertiary alicyclic amines) is 1. The van der Waals surface area contributed by atoms with Gasteiger partial charge in [0.25, 0.3) is 11.5 Å². The fourth-order valence-electron chi connectivity index (χ4n) is 4.50. The number of carbonyl (C=O) groups excluding carboxylic acids is 2. The number of thiophene rings is 1. The molecule has 0 saturated carbocycles. The topological polar surface area (TPSA) is 84.3 Å². The number of anilines is 1. The van der Waals surface area contributed by atoms with Crippen LogP contribution in [-0.4, -0.2) is 39.4 Å². The molecule has 2 amide bonds. The summed E-state index contributed by atoms with van der Waals surface area (Å²) in [5.74, 6) is 0.526. The summed E-state index contributed by atoms with van der Waals surface area (Å²) in [5.41, 5.74) is 2.01. The average Bonchev–Trinajstić information content (AvgIpc) is 3.08. The van der Waals surface area contributed by atoms with Gasteiger partial charge in [0.2, 0.25) is 5.91 Å². The van der Waals surface area contributed by atoms with Crippen LogP contribution in [0.5, 0.6) is 0 Å². The lowest BCUT2D eigenvalue weighted by atomic mass is 9.92. The summed E-state index contributed by atoms with van der Waals surface area (Å²) in [7, 11) is 0. The number of aromatic nitrogens is 2. The van der Waals surface area contributed by atoms with Crippen molar-refractivity contribution in [3.05, 3.63) is 55.4 Å². The molecule has 0 spiro atoms. The van der Waals surface area contributed by atoms with Crippen LogP contribution in [0.1, 0.15) is 41.1 Å². The van der Waals surface area contributed by atoms with Crippen LogP contribution in [0, 0.1) is 25.7 Å². The molecule has 0 bridgehead atoms.